The smallest absolute Gasteiger partial charge is 0.244 e. The molecule has 60 valence electrons. The summed E-state index contributed by atoms with van der Waals surface area (Å²) in [4.78, 5) is 10.5. The van der Waals surface area contributed by atoms with E-state index in [4.69, 9.17) is 10.9 Å². The van der Waals surface area contributed by atoms with Gasteiger partial charge >= 0.3 is 0 Å². The van der Waals surface area contributed by atoms with Crippen LogP contribution in [0.25, 0.3) is 0 Å². The third-order valence-corrected chi connectivity index (χ3v) is 1.23. The van der Waals surface area contributed by atoms with Crippen LogP contribution < -0.4 is 11.2 Å². The van der Waals surface area contributed by atoms with E-state index in [2.05, 4.69) is 0 Å². The standard InChI is InChI=1S/C6H14N2O2/c1-2-3-5(7)4-6(9)8-10/h5,10H,2-4,7H2,1H3,(H,8,9). The minimum Gasteiger partial charge on any atom is -0.327 e. The number of hydrogen-bond donors (Lipinski definition) is 3. The minimum absolute atomic E-state index is 0.128. The Morgan fingerprint density at radius 3 is 2.80 bits per heavy atom. The summed E-state index contributed by atoms with van der Waals surface area (Å²) in [7, 11) is 0. The van der Waals surface area contributed by atoms with E-state index in [1.54, 1.807) is 0 Å². The number of hydroxylamine groups is 1. The average molecular weight is 146 g/mol. The van der Waals surface area contributed by atoms with Gasteiger partial charge in [0.2, 0.25) is 5.91 Å². The third-order valence-electron chi connectivity index (χ3n) is 1.23. The number of rotatable bonds is 4. The van der Waals surface area contributed by atoms with Crippen LogP contribution in [0.5, 0.6) is 0 Å². The summed E-state index contributed by atoms with van der Waals surface area (Å²) >= 11 is 0. The van der Waals surface area contributed by atoms with Crippen molar-refractivity contribution in [1.29, 1.82) is 0 Å². The lowest BCUT2D eigenvalue weighted by Crippen LogP contribution is -2.29. The van der Waals surface area contributed by atoms with E-state index in [1.165, 1.54) is 5.48 Å². The van der Waals surface area contributed by atoms with E-state index in [-0.39, 0.29) is 12.5 Å². The Bertz CT molecular complexity index is 106. The Balaban J connectivity index is 3.37. The van der Waals surface area contributed by atoms with Crippen LogP contribution in [0.1, 0.15) is 26.2 Å². The van der Waals surface area contributed by atoms with E-state index < -0.39 is 5.91 Å². The highest BCUT2D eigenvalue weighted by Gasteiger charge is 2.06. The van der Waals surface area contributed by atoms with Crippen molar-refractivity contribution in [2.24, 2.45) is 5.73 Å². The van der Waals surface area contributed by atoms with Crippen molar-refractivity contribution in [3.8, 4) is 0 Å². The highest BCUT2D eigenvalue weighted by atomic mass is 16.5. The predicted octanol–water partition coefficient (Wildman–Crippen LogP) is 0.00930. The molecule has 0 aromatic heterocycles. The predicted molar refractivity (Wildman–Crippen MR) is 37.4 cm³/mol. The summed E-state index contributed by atoms with van der Waals surface area (Å²) in [5.41, 5.74) is 7.02. The molecule has 0 rings (SSSR count). The molecule has 4 nitrogen and oxygen atoms in total. The largest absolute Gasteiger partial charge is 0.327 e. The number of nitrogens with two attached hydrogens (primary N) is 1. The van der Waals surface area contributed by atoms with Gasteiger partial charge in [-0.3, -0.25) is 10.0 Å². The first-order valence-electron chi connectivity index (χ1n) is 3.39. The molecule has 0 aromatic carbocycles. The van der Waals surface area contributed by atoms with Gasteiger partial charge in [0.15, 0.2) is 0 Å². The first-order chi connectivity index (χ1) is 4.70. The SMILES string of the molecule is CCCC(N)CC(=O)NO. The fourth-order valence-electron chi connectivity index (χ4n) is 0.757. The maximum atomic E-state index is 10.5. The molecular formula is C6H14N2O2. The van der Waals surface area contributed by atoms with E-state index in [1.807, 2.05) is 6.92 Å². The van der Waals surface area contributed by atoms with Gasteiger partial charge in [-0.1, -0.05) is 13.3 Å². The second-order valence-corrected chi connectivity index (χ2v) is 2.29. The Hall–Kier alpha value is -0.610. The second kappa shape index (κ2) is 5.20. The Labute approximate surface area is 60.4 Å². The molecule has 0 aliphatic heterocycles. The van der Waals surface area contributed by atoms with Gasteiger partial charge in [-0.15, -0.1) is 0 Å². The summed E-state index contributed by atoms with van der Waals surface area (Å²) in [5, 5.41) is 8.10. The third kappa shape index (κ3) is 4.29. The Morgan fingerprint density at radius 2 is 2.40 bits per heavy atom. The normalized spacial score (nSPS) is 12.7. The van der Waals surface area contributed by atoms with Gasteiger partial charge in [-0.2, -0.15) is 0 Å². The van der Waals surface area contributed by atoms with Crippen molar-refractivity contribution in [3.63, 3.8) is 0 Å². The molecule has 0 bridgehead atoms. The molecule has 10 heavy (non-hydrogen) atoms. The van der Waals surface area contributed by atoms with Crippen molar-refractivity contribution in [2.45, 2.75) is 32.2 Å². The van der Waals surface area contributed by atoms with Gasteiger partial charge in [0.05, 0.1) is 0 Å². The van der Waals surface area contributed by atoms with Crippen LogP contribution in [0.3, 0.4) is 0 Å². The van der Waals surface area contributed by atoms with Crippen molar-refractivity contribution >= 4 is 5.91 Å². The van der Waals surface area contributed by atoms with Crippen LogP contribution in [-0.2, 0) is 4.79 Å². The lowest BCUT2D eigenvalue weighted by atomic mass is 10.1. The van der Waals surface area contributed by atoms with Crippen LogP contribution in [0, 0.1) is 0 Å². The average Bonchev–Trinajstić information content (AvgIpc) is 1.88. The molecule has 4 N–H and O–H groups in total. The maximum absolute atomic E-state index is 10.5. The first kappa shape index (κ1) is 9.39. The summed E-state index contributed by atoms with van der Waals surface area (Å²) < 4.78 is 0. The van der Waals surface area contributed by atoms with E-state index >= 15 is 0 Å². The van der Waals surface area contributed by atoms with Gasteiger partial charge in [-0.05, 0) is 6.42 Å². The van der Waals surface area contributed by atoms with Gasteiger partial charge in [-0.25, -0.2) is 5.48 Å². The first-order valence-corrected chi connectivity index (χ1v) is 3.39. The van der Waals surface area contributed by atoms with E-state index in [0.717, 1.165) is 12.8 Å². The molecule has 0 radical (unpaired) electrons. The van der Waals surface area contributed by atoms with Gasteiger partial charge in [0.1, 0.15) is 0 Å². The zero-order valence-electron chi connectivity index (χ0n) is 6.13. The van der Waals surface area contributed by atoms with Crippen LogP contribution in [0.4, 0.5) is 0 Å². The topological polar surface area (TPSA) is 75.4 Å². The van der Waals surface area contributed by atoms with Gasteiger partial charge in [0.25, 0.3) is 0 Å². The van der Waals surface area contributed by atoms with Crippen molar-refractivity contribution in [2.75, 3.05) is 0 Å². The van der Waals surface area contributed by atoms with Crippen molar-refractivity contribution in [1.82, 2.24) is 5.48 Å². The summed E-state index contributed by atoms with van der Waals surface area (Å²) in [6, 6.07) is -0.128. The van der Waals surface area contributed by atoms with Gasteiger partial charge < -0.3 is 5.73 Å². The second-order valence-electron chi connectivity index (χ2n) is 2.29. The molecule has 0 heterocycles. The van der Waals surface area contributed by atoms with E-state index in [0.29, 0.717) is 0 Å². The maximum Gasteiger partial charge on any atom is 0.244 e. The molecule has 0 saturated carbocycles. The molecule has 0 aromatic rings. The molecule has 1 amide bonds. The molecule has 0 aliphatic carbocycles. The molecule has 0 aliphatic rings. The lowest BCUT2D eigenvalue weighted by Gasteiger charge is -2.06. The van der Waals surface area contributed by atoms with Crippen molar-refractivity contribution in [3.05, 3.63) is 0 Å². The molecule has 4 heteroatoms. The van der Waals surface area contributed by atoms with Crippen LogP contribution in [0.15, 0.2) is 0 Å². The highest BCUT2D eigenvalue weighted by Crippen LogP contribution is 1.96. The molecular weight excluding hydrogens is 132 g/mol. The summed E-state index contributed by atoms with van der Waals surface area (Å²) in [6.07, 6.45) is 1.97. The van der Waals surface area contributed by atoms with Crippen LogP contribution >= 0.6 is 0 Å². The number of hydrogen-bond acceptors (Lipinski definition) is 3. The monoisotopic (exact) mass is 146 g/mol. The van der Waals surface area contributed by atoms with Crippen molar-refractivity contribution < 1.29 is 10.0 Å². The zero-order chi connectivity index (χ0) is 7.98. The van der Waals surface area contributed by atoms with E-state index in [9.17, 15) is 4.79 Å². The minimum atomic E-state index is -0.416. The summed E-state index contributed by atoms with van der Waals surface area (Å²) in [5.74, 6) is -0.416. The highest BCUT2D eigenvalue weighted by molar-refractivity contribution is 5.75. The quantitative estimate of drug-likeness (QED) is 0.386. The number of nitrogens with one attached hydrogen (secondary N) is 1. The Kier molecular flexibility index (Phi) is 4.88. The zero-order valence-corrected chi connectivity index (χ0v) is 6.13. The molecule has 0 spiro atoms. The number of amides is 1. The number of carbonyl (C=O) groups excluding carboxylic acids is 1. The Morgan fingerprint density at radius 1 is 1.80 bits per heavy atom. The van der Waals surface area contributed by atoms with Gasteiger partial charge in [0, 0.05) is 12.5 Å². The molecule has 1 atom stereocenters. The van der Waals surface area contributed by atoms with Crippen LogP contribution in [-0.4, -0.2) is 17.2 Å². The summed E-state index contributed by atoms with van der Waals surface area (Å²) in [6.45, 7) is 2.00. The molecule has 1 unspecified atom stereocenters. The fourth-order valence-corrected chi connectivity index (χ4v) is 0.757. The number of carbonyl (C=O) groups is 1. The van der Waals surface area contributed by atoms with Crippen LogP contribution in [0.2, 0.25) is 0 Å². The molecule has 0 saturated heterocycles. The fraction of sp³-hybridized carbons (Fsp3) is 0.833. The lowest BCUT2D eigenvalue weighted by molar-refractivity contribution is -0.129. The molecule has 0 fully saturated rings.